The molecule has 8 heteroatoms. The first-order valence-corrected chi connectivity index (χ1v) is 10.9. The number of fused-ring (bicyclic) bond motifs is 2. The Morgan fingerprint density at radius 3 is 2.88 bits per heavy atom. The molecule has 8 nitrogen and oxygen atoms in total. The molecular formula is C24H25N3O5. The Kier molecular flexibility index (Phi) is 5.53. The van der Waals surface area contributed by atoms with Gasteiger partial charge in [-0.1, -0.05) is 18.2 Å². The Labute approximate surface area is 185 Å². The second kappa shape index (κ2) is 8.63. The van der Waals surface area contributed by atoms with Crippen molar-refractivity contribution in [3.05, 3.63) is 64.2 Å². The van der Waals surface area contributed by atoms with Crippen LogP contribution in [-0.4, -0.2) is 53.8 Å². The van der Waals surface area contributed by atoms with Crippen LogP contribution >= 0.6 is 0 Å². The zero-order chi connectivity index (χ0) is 22.1. The number of methoxy groups -OCH3 is 1. The average Bonchev–Trinajstić information content (AvgIpc) is 3.32. The first kappa shape index (κ1) is 20.5. The van der Waals surface area contributed by atoms with E-state index in [9.17, 15) is 9.59 Å². The van der Waals surface area contributed by atoms with Gasteiger partial charge in [-0.2, -0.15) is 0 Å². The van der Waals surface area contributed by atoms with Crippen LogP contribution in [0.5, 0.6) is 11.5 Å². The Hall–Kier alpha value is -3.39. The molecule has 1 saturated heterocycles. The van der Waals surface area contributed by atoms with Crippen molar-refractivity contribution in [1.29, 1.82) is 0 Å². The molecule has 3 aromatic rings. The molecule has 1 atom stereocenters. The lowest BCUT2D eigenvalue weighted by molar-refractivity contribution is 0.0714. The van der Waals surface area contributed by atoms with Crippen molar-refractivity contribution in [3.8, 4) is 11.5 Å². The van der Waals surface area contributed by atoms with Crippen LogP contribution in [0.25, 0.3) is 10.9 Å². The summed E-state index contributed by atoms with van der Waals surface area (Å²) >= 11 is 0. The molecule has 2 aliphatic heterocycles. The number of para-hydroxylation sites is 2. The number of benzene rings is 2. The highest BCUT2D eigenvalue weighted by molar-refractivity contribution is 5.98. The van der Waals surface area contributed by atoms with Crippen LogP contribution < -0.4 is 15.0 Å². The number of ether oxygens (including phenoxy) is 3. The minimum Gasteiger partial charge on any atom is -0.486 e. The molecule has 2 aromatic carbocycles. The largest absolute Gasteiger partial charge is 0.486 e. The summed E-state index contributed by atoms with van der Waals surface area (Å²) in [6.07, 6.45) is 1.56. The highest BCUT2D eigenvalue weighted by atomic mass is 16.6. The van der Waals surface area contributed by atoms with Crippen LogP contribution in [-0.2, 0) is 11.3 Å². The topological polar surface area (TPSA) is 82.9 Å². The lowest BCUT2D eigenvalue weighted by atomic mass is 10.1. The van der Waals surface area contributed by atoms with Crippen LogP contribution in [0.4, 0.5) is 0 Å². The highest BCUT2D eigenvalue weighted by Crippen LogP contribution is 2.38. The smallest absolute Gasteiger partial charge is 0.261 e. The highest BCUT2D eigenvalue weighted by Gasteiger charge is 2.36. The molecule has 1 fully saturated rings. The summed E-state index contributed by atoms with van der Waals surface area (Å²) in [6, 6.07) is 12.4. The van der Waals surface area contributed by atoms with Gasteiger partial charge >= 0.3 is 0 Å². The zero-order valence-electron chi connectivity index (χ0n) is 18.0. The summed E-state index contributed by atoms with van der Waals surface area (Å²) in [5, 5.41) is 0.561. The van der Waals surface area contributed by atoms with E-state index in [0.717, 1.165) is 12.8 Å². The maximum absolute atomic E-state index is 13.6. The normalized spacial score (nSPS) is 17.7. The van der Waals surface area contributed by atoms with E-state index in [1.807, 2.05) is 18.2 Å². The third-order valence-electron chi connectivity index (χ3n) is 6.02. The number of likely N-dealkylation sites (tertiary alicyclic amines) is 1. The van der Waals surface area contributed by atoms with E-state index in [-0.39, 0.29) is 17.5 Å². The molecule has 0 saturated carbocycles. The minimum absolute atomic E-state index is 0.115. The molecule has 0 N–H and O–H groups in total. The van der Waals surface area contributed by atoms with Gasteiger partial charge in [0.1, 0.15) is 19.0 Å². The van der Waals surface area contributed by atoms with Crippen LogP contribution in [0, 0.1) is 0 Å². The molecule has 5 rings (SSSR count). The molecule has 166 valence electrons. The predicted molar refractivity (Wildman–Crippen MR) is 118 cm³/mol. The van der Waals surface area contributed by atoms with Crippen molar-refractivity contribution in [2.45, 2.75) is 25.4 Å². The first-order valence-electron chi connectivity index (χ1n) is 10.9. The van der Waals surface area contributed by atoms with E-state index in [4.69, 9.17) is 19.2 Å². The number of amides is 1. The van der Waals surface area contributed by atoms with E-state index in [1.54, 1.807) is 40.8 Å². The zero-order valence-corrected chi connectivity index (χ0v) is 18.0. The molecule has 3 heterocycles. The van der Waals surface area contributed by atoms with Gasteiger partial charge in [-0.15, -0.1) is 0 Å². The Morgan fingerprint density at radius 1 is 1.16 bits per heavy atom. The summed E-state index contributed by atoms with van der Waals surface area (Å²) < 4.78 is 18.3. The van der Waals surface area contributed by atoms with E-state index in [0.29, 0.717) is 66.7 Å². The van der Waals surface area contributed by atoms with Gasteiger partial charge in [-0.05, 0) is 37.1 Å². The van der Waals surface area contributed by atoms with Gasteiger partial charge in [-0.25, -0.2) is 4.98 Å². The molecule has 1 amide bonds. The van der Waals surface area contributed by atoms with Gasteiger partial charge in [0.2, 0.25) is 0 Å². The van der Waals surface area contributed by atoms with Gasteiger partial charge in [0.05, 0.1) is 35.7 Å². The summed E-state index contributed by atoms with van der Waals surface area (Å²) in [4.78, 5) is 33.5. The predicted octanol–water partition coefficient (Wildman–Crippen LogP) is 2.79. The van der Waals surface area contributed by atoms with Crippen LogP contribution in [0.2, 0.25) is 0 Å². The molecule has 32 heavy (non-hydrogen) atoms. The van der Waals surface area contributed by atoms with Gasteiger partial charge in [0.15, 0.2) is 11.5 Å². The molecule has 0 radical (unpaired) electrons. The molecule has 1 unspecified atom stereocenters. The van der Waals surface area contributed by atoms with Crippen LogP contribution in [0.15, 0.2) is 47.3 Å². The second-order valence-electron chi connectivity index (χ2n) is 7.92. The van der Waals surface area contributed by atoms with Crippen molar-refractivity contribution in [2.75, 3.05) is 33.5 Å². The molecule has 0 spiro atoms. The van der Waals surface area contributed by atoms with Crippen molar-refractivity contribution in [3.63, 3.8) is 0 Å². The number of carbonyl (C=O) groups excluding carboxylic acids is 1. The summed E-state index contributed by atoms with van der Waals surface area (Å²) in [7, 11) is 1.60. The fourth-order valence-electron chi connectivity index (χ4n) is 4.51. The summed E-state index contributed by atoms with van der Waals surface area (Å²) in [6.45, 7) is 2.21. The van der Waals surface area contributed by atoms with E-state index in [2.05, 4.69) is 0 Å². The van der Waals surface area contributed by atoms with Crippen molar-refractivity contribution in [2.24, 2.45) is 0 Å². The molecule has 0 bridgehead atoms. The van der Waals surface area contributed by atoms with Crippen molar-refractivity contribution < 1.29 is 19.0 Å². The summed E-state index contributed by atoms with van der Waals surface area (Å²) in [5.74, 6) is 1.52. The quantitative estimate of drug-likeness (QED) is 0.613. The minimum atomic E-state index is -0.308. The molecular weight excluding hydrogens is 410 g/mol. The van der Waals surface area contributed by atoms with Gasteiger partial charge in [-0.3, -0.25) is 14.2 Å². The number of hydrogen-bond acceptors (Lipinski definition) is 6. The average molecular weight is 435 g/mol. The summed E-state index contributed by atoms with van der Waals surface area (Å²) in [5.41, 5.74) is 0.991. The monoisotopic (exact) mass is 435 g/mol. The van der Waals surface area contributed by atoms with Gasteiger partial charge in [0.25, 0.3) is 11.5 Å². The number of rotatable bonds is 5. The SMILES string of the molecule is COCCn1c(C2CCCN2C(=O)c2cccc3c2OCCO3)nc2ccccc2c1=O. The van der Waals surface area contributed by atoms with Crippen molar-refractivity contribution >= 4 is 16.8 Å². The second-order valence-corrected chi connectivity index (χ2v) is 7.92. The Balaban J connectivity index is 1.58. The van der Waals surface area contributed by atoms with E-state index < -0.39 is 0 Å². The first-order chi connectivity index (χ1) is 15.7. The number of hydrogen-bond donors (Lipinski definition) is 0. The Bertz CT molecular complexity index is 1220. The molecule has 1 aromatic heterocycles. The third kappa shape index (κ3) is 3.50. The van der Waals surface area contributed by atoms with Gasteiger partial charge < -0.3 is 19.1 Å². The third-order valence-corrected chi connectivity index (χ3v) is 6.02. The van der Waals surface area contributed by atoms with E-state index in [1.165, 1.54) is 0 Å². The number of aromatic nitrogens is 2. The molecule has 2 aliphatic rings. The maximum Gasteiger partial charge on any atom is 0.261 e. The standard InChI is InChI=1S/C24H25N3O5/c1-30-13-12-27-22(25-18-8-3-2-6-16(18)23(27)28)19-9-5-11-26(19)24(29)17-7-4-10-20-21(17)32-15-14-31-20/h2-4,6-8,10,19H,5,9,11-15H2,1H3. The van der Waals surface area contributed by atoms with Crippen LogP contribution in [0.3, 0.4) is 0 Å². The number of carbonyl (C=O) groups is 1. The maximum atomic E-state index is 13.6. The lowest BCUT2D eigenvalue weighted by Crippen LogP contribution is -2.36. The molecule has 0 aliphatic carbocycles. The van der Waals surface area contributed by atoms with Gasteiger partial charge in [0, 0.05) is 13.7 Å². The lowest BCUT2D eigenvalue weighted by Gasteiger charge is -2.28. The number of nitrogens with zero attached hydrogens (tertiary/aromatic N) is 3. The fourth-order valence-corrected chi connectivity index (χ4v) is 4.51. The van der Waals surface area contributed by atoms with Crippen LogP contribution in [0.1, 0.15) is 35.1 Å². The Morgan fingerprint density at radius 2 is 2.00 bits per heavy atom. The van der Waals surface area contributed by atoms with E-state index >= 15 is 0 Å². The fraction of sp³-hybridized carbons (Fsp3) is 0.375. The van der Waals surface area contributed by atoms with Crippen molar-refractivity contribution in [1.82, 2.24) is 14.5 Å².